The van der Waals surface area contributed by atoms with Crippen molar-refractivity contribution in [1.82, 2.24) is 5.32 Å². The third-order valence-corrected chi connectivity index (χ3v) is 13.4. The number of carbonyl (C=O) groups excluding carboxylic acids is 1. The zero-order valence-corrected chi connectivity index (χ0v) is 46.0. The van der Waals surface area contributed by atoms with E-state index in [-0.39, 0.29) is 19.1 Å². The highest BCUT2D eigenvalue weighted by Gasteiger charge is 2.27. The van der Waals surface area contributed by atoms with Crippen LogP contribution < -0.4 is 5.32 Å². The Morgan fingerprint density at radius 2 is 0.897 bits per heavy atom. The summed E-state index contributed by atoms with van der Waals surface area (Å²) in [6.07, 6.45) is 68.8. The molecule has 3 N–H and O–H groups in total. The molecule has 0 aliphatic carbocycles. The summed E-state index contributed by atoms with van der Waals surface area (Å²) < 4.78 is 23.6. The fourth-order valence-electron chi connectivity index (χ4n) is 7.97. The summed E-state index contributed by atoms with van der Waals surface area (Å²) in [5.74, 6) is -0.209. The summed E-state index contributed by atoms with van der Waals surface area (Å²) in [7, 11) is 1.53. The number of allylic oxidation sites excluding steroid dienone is 11. The Kier molecular flexibility index (Phi) is 48.4. The number of hydrogen-bond acceptors (Lipinski definition) is 5. The van der Waals surface area contributed by atoms with Gasteiger partial charge in [0.2, 0.25) is 5.91 Å². The predicted molar refractivity (Wildman–Crippen MR) is 295 cm³/mol. The van der Waals surface area contributed by atoms with Crippen LogP contribution in [0, 0.1) is 0 Å². The van der Waals surface area contributed by atoms with Crippen molar-refractivity contribution in [1.29, 1.82) is 0 Å². The van der Waals surface area contributed by atoms with Crippen LogP contribution in [-0.4, -0.2) is 73.4 Å². The van der Waals surface area contributed by atoms with Gasteiger partial charge in [-0.05, 0) is 77.0 Å². The van der Waals surface area contributed by atoms with Crippen LogP contribution in [0.2, 0.25) is 0 Å². The van der Waals surface area contributed by atoms with Crippen molar-refractivity contribution in [3.63, 3.8) is 0 Å². The number of phosphoric acid groups is 1. The molecule has 0 bridgehead atoms. The first kappa shape index (κ1) is 65.9. The number of rotatable bonds is 51. The number of nitrogens with one attached hydrogen (secondary N) is 1. The molecule has 0 spiro atoms. The van der Waals surface area contributed by atoms with Gasteiger partial charge in [-0.1, -0.05) is 234 Å². The highest BCUT2D eigenvalue weighted by atomic mass is 31.2. The van der Waals surface area contributed by atoms with Crippen LogP contribution in [-0.2, 0) is 18.4 Å². The third kappa shape index (κ3) is 51.8. The van der Waals surface area contributed by atoms with Crippen molar-refractivity contribution in [3.8, 4) is 0 Å². The molecule has 0 aromatic carbocycles. The Labute approximate surface area is 421 Å². The Morgan fingerprint density at radius 1 is 0.515 bits per heavy atom. The van der Waals surface area contributed by atoms with Crippen LogP contribution in [0.3, 0.4) is 0 Å². The van der Waals surface area contributed by atoms with Gasteiger partial charge in [0, 0.05) is 6.42 Å². The molecule has 0 rings (SSSR count). The molecule has 3 atom stereocenters. The summed E-state index contributed by atoms with van der Waals surface area (Å²) in [5, 5.41) is 13.9. The van der Waals surface area contributed by atoms with Gasteiger partial charge in [-0.25, -0.2) is 4.57 Å². The summed E-state index contributed by atoms with van der Waals surface area (Å²) in [4.78, 5) is 23.2. The molecule has 0 saturated heterocycles. The van der Waals surface area contributed by atoms with Gasteiger partial charge in [0.1, 0.15) is 13.2 Å². The van der Waals surface area contributed by atoms with Gasteiger partial charge >= 0.3 is 7.82 Å². The van der Waals surface area contributed by atoms with E-state index in [4.69, 9.17) is 9.05 Å². The van der Waals surface area contributed by atoms with E-state index in [9.17, 15) is 19.4 Å². The van der Waals surface area contributed by atoms with E-state index in [0.29, 0.717) is 17.4 Å². The van der Waals surface area contributed by atoms with Crippen molar-refractivity contribution in [2.75, 3.05) is 40.9 Å². The molecule has 9 heteroatoms. The Hall–Kier alpha value is -2.06. The molecule has 8 nitrogen and oxygen atoms in total. The molecule has 68 heavy (non-hydrogen) atoms. The largest absolute Gasteiger partial charge is 0.472 e. The van der Waals surface area contributed by atoms with Gasteiger partial charge in [0.05, 0.1) is 39.9 Å². The highest BCUT2D eigenvalue weighted by Crippen LogP contribution is 2.43. The average Bonchev–Trinajstić information content (AvgIpc) is 3.30. The standard InChI is InChI=1S/C59H109N2O6P/c1-6-8-10-12-14-16-18-20-22-23-24-25-26-27-28-29-30-31-32-33-34-35-36-37-39-40-42-44-46-48-50-52-58(62)57(56-67-68(64,65)66-55-54-61(3,4)5)60-59(63)53-51-49-47-45-43-41-38-21-19-17-15-13-11-9-7-2/h9,11,15,17,21,36-38,42,44,50,52,57-58,62H,6-8,10,12-14,16,18-20,22-35,39-41,43,45-49,51,53-56H2,1-5H3,(H-,60,63,64,65)/p+1/b11-9-,17-15-,37-36+,38-21-,44-42+,52-50+. The lowest BCUT2D eigenvalue weighted by Crippen LogP contribution is -2.45. The van der Waals surface area contributed by atoms with Crippen LogP contribution in [0.5, 0.6) is 0 Å². The second-order valence-corrected chi connectivity index (χ2v) is 21.7. The molecule has 3 unspecified atom stereocenters. The molecular formula is C59H110N2O6P+. The number of aliphatic hydroxyl groups excluding tert-OH is 1. The quantitative estimate of drug-likeness (QED) is 0.0243. The maximum Gasteiger partial charge on any atom is 0.472 e. The van der Waals surface area contributed by atoms with Gasteiger partial charge in [-0.2, -0.15) is 0 Å². The molecule has 1 amide bonds. The number of nitrogens with zero attached hydrogens (tertiary/aromatic N) is 1. The topological polar surface area (TPSA) is 105 Å². The molecular weight excluding hydrogens is 864 g/mol. The molecule has 0 aromatic heterocycles. The summed E-state index contributed by atoms with van der Waals surface area (Å²) in [6, 6.07) is -0.883. The van der Waals surface area contributed by atoms with Crippen molar-refractivity contribution in [2.24, 2.45) is 0 Å². The minimum atomic E-state index is -4.37. The Bertz CT molecular complexity index is 1330. The van der Waals surface area contributed by atoms with Crippen LogP contribution in [0.25, 0.3) is 0 Å². The van der Waals surface area contributed by atoms with Crippen molar-refractivity contribution in [3.05, 3.63) is 72.9 Å². The number of unbranched alkanes of at least 4 members (excludes halogenated alkanes) is 28. The second kappa shape index (κ2) is 49.9. The van der Waals surface area contributed by atoms with Crippen molar-refractivity contribution < 1.29 is 32.9 Å². The maximum atomic E-state index is 12.9. The number of hydrogen-bond donors (Lipinski definition) is 3. The highest BCUT2D eigenvalue weighted by molar-refractivity contribution is 7.47. The number of aliphatic hydroxyl groups is 1. The monoisotopic (exact) mass is 974 g/mol. The zero-order chi connectivity index (χ0) is 49.9. The number of likely N-dealkylation sites (N-methyl/N-ethyl adjacent to an activating group) is 1. The van der Waals surface area contributed by atoms with Crippen LogP contribution >= 0.6 is 7.82 Å². The van der Waals surface area contributed by atoms with Gasteiger partial charge in [-0.15, -0.1) is 0 Å². The van der Waals surface area contributed by atoms with E-state index >= 15 is 0 Å². The lowest BCUT2D eigenvalue weighted by atomic mass is 10.0. The fraction of sp³-hybridized carbons (Fsp3) is 0.780. The van der Waals surface area contributed by atoms with Crippen LogP contribution in [0.4, 0.5) is 0 Å². The van der Waals surface area contributed by atoms with Crippen molar-refractivity contribution >= 4 is 13.7 Å². The van der Waals surface area contributed by atoms with Gasteiger partial charge < -0.3 is 19.8 Å². The van der Waals surface area contributed by atoms with E-state index in [1.807, 2.05) is 27.2 Å². The smallest absolute Gasteiger partial charge is 0.387 e. The summed E-state index contributed by atoms with van der Waals surface area (Å²) in [5.41, 5.74) is 0. The van der Waals surface area contributed by atoms with Crippen molar-refractivity contribution in [2.45, 2.75) is 257 Å². The summed E-state index contributed by atoms with van der Waals surface area (Å²) in [6.45, 7) is 4.67. The van der Waals surface area contributed by atoms with Gasteiger partial charge in [0.25, 0.3) is 0 Å². The van der Waals surface area contributed by atoms with E-state index in [2.05, 4.69) is 79.9 Å². The lowest BCUT2D eigenvalue weighted by molar-refractivity contribution is -0.870. The minimum absolute atomic E-state index is 0.0467. The van der Waals surface area contributed by atoms with Crippen LogP contribution in [0.15, 0.2) is 72.9 Å². The average molecular weight is 975 g/mol. The lowest BCUT2D eigenvalue weighted by Gasteiger charge is -2.25. The normalized spacial score (nSPS) is 14.5. The Balaban J connectivity index is 4.23. The first-order valence-electron chi connectivity index (χ1n) is 28.3. The fourth-order valence-corrected chi connectivity index (χ4v) is 8.71. The molecule has 0 saturated carbocycles. The minimum Gasteiger partial charge on any atom is -0.387 e. The zero-order valence-electron chi connectivity index (χ0n) is 45.1. The predicted octanol–water partition coefficient (Wildman–Crippen LogP) is 17.1. The maximum absolute atomic E-state index is 12.9. The molecule has 396 valence electrons. The van der Waals surface area contributed by atoms with E-state index in [1.165, 1.54) is 141 Å². The van der Waals surface area contributed by atoms with Gasteiger partial charge in [-0.3, -0.25) is 13.8 Å². The molecule has 0 aromatic rings. The molecule has 0 fully saturated rings. The molecule has 0 heterocycles. The number of carbonyl (C=O) groups is 1. The van der Waals surface area contributed by atoms with E-state index in [1.54, 1.807) is 6.08 Å². The first-order valence-corrected chi connectivity index (χ1v) is 29.8. The second-order valence-electron chi connectivity index (χ2n) is 20.3. The molecule has 0 radical (unpaired) electrons. The Morgan fingerprint density at radius 3 is 1.35 bits per heavy atom. The molecule has 0 aliphatic rings. The third-order valence-electron chi connectivity index (χ3n) is 12.4. The summed E-state index contributed by atoms with van der Waals surface area (Å²) >= 11 is 0. The van der Waals surface area contributed by atoms with Crippen LogP contribution in [0.1, 0.15) is 245 Å². The molecule has 0 aliphatic heterocycles. The van der Waals surface area contributed by atoms with E-state index in [0.717, 1.165) is 83.5 Å². The SMILES string of the molecule is CC/C=C\C/C=C\C/C=C\CCCCCCCC(=O)NC(COP(=O)(O)OCC[N+](C)(C)C)C(O)/C=C/CC/C=C/CC/C=C/CCCCCCCCCCCCCCCCCCCCCCC. The van der Waals surface area contributed by atoms with Gasteiger partial charge in [0.15, 0.2) is 0 Å². The number of amides is 1. The van der Waals surface area contributed by atoms with E-state index < -0.39 is 20.0 Å². The number of quaternary nitrogens is 1. The first-order chi connectivity index (χ1) is 33.0. The number of phosphoric ester groups is 1.